The van der Waals surface area contributed by atoms with Gasteiger partial charge in [0.05, 0.1) is 12.5 Å². The summed E-state index contributed by atoms with van der Waals surface area (Å²) < 4.78 is 0. The number of nitrogens with two attached hydrogens (primary N) is 1. The van der Waals surface area contributed by atoms with E-state index in [1.54, 1.807) is 0 Å². The third-order valence-corrected chi connectivity index (χ3v) is 4.96. The van der Waals surface area contributed by atoms with Crippen molar-refractivity contribution in [3.63, 3.8) is 0 Å². The molecule has 2 aromatic carbocycles. The average Bonchev–Trinajstić information content (AvgIpc) is 2.71. The van der Waals surface area contributed by atoms with E-state index in [0.717, 1.165) is 16.7 Å². The summed E-state index contributed by atoms with van der Waals surface area (Å²) >= 11 is 0. The zero-order valence-corrected chi connectivity index (χ0v) is 16.3. The van der Waals surface area contributed by atoms with Crippen LogP contribution in [0.1, 0.15) is 18.4 Å². The lowest BCUT2D eigenvalue weighted by atomic mass is 10.0. The molecule has 0 radical (unpaired) electrons. The molecule has 2 aromatic rings. The smallest absolute Gasteiger partial charge is 0.237 e. The second kappa shape index (κ2) is 9.84. The fourth-order valence-corrected chi connectivity index (χ4v) is 3.41. The van der Waals surface area contributed by atoms with Crippen molar-refractivity contribution in [2.24, 2.45) is 5.73 Å². The summed E-state index contributed by atoms with van der Waals surface area (Å²) in [4.78, 5) is 37.3. The van der Waals surface area contributed by atoms with E-state index in [0.29, 0.717) is 19.6 Å². The SMILES string of the molecule is NC(=O)CCNC(=O)C[C@H]1C(=O)NCCN1Cc1ccc(-c2ccccc2)cc1. The van der Waals surface area contributed by atoms with Crippen LogP contribution in [0, 0.1) is 0 Å². The molecule has 3 amide bonds. The Labute approximate surface area is 170 Å². The lowest BCUT2D eigenvalue weighted by Gasteiger charge is -2.34. The van der Waals surface area contributed by atoms with Crippen molar-refractivity contribution in [1.82, 2.24) is 15.5 Å². The molecule has 0 unspecified atom stereocenters. The van der Waals surface area contributed by atoms with Crippen LogP contribution < -0.4 is 16.4 Å². The van der Waals surface area contributed by atoms with E-state index in [2.05, 4.69) is 47.0 Å². The first-order chi connectivity index (χ1) is 14.0. The molecule has 1 aliphatic rings. The standard InChI is InChI=1S/C22H26N4O3/c23-20(27)10-11-24-21(28)14-19-22(29)25-12-13-26(19)15-16-6-8-18(9-7-16)17-4-2-1-3-5-17/h1-9,19H,10-15H2,(H2,23,27)(H,24,28)(H,25,29)/t19-/m0/s1. The van der Waals surface area contributed by atoms with Gasteiger partial charge in [-0.1, -0.05) is 54.6 Å². The fourth-order valence-electron chi connectivity index (χ4n) is 3.41. The van der Waals surface area contributed by atoms with Gasteiger partial charge < -0.3 is 16.4 Å². The number of carbonyl (C=O) groups excluding carboxylic acids is 3. The number of hydrogen-bond donors (Lipinski definition) is 3. The summed E-state index contributed by atoms with van der Waals surface area (Å²) in [5.41, 5.74) is 8.45. The Hall–Kier alpha value is -3.19. The van der Waals surface area contributed by atoms with Gasteiger partial charge in [0, 0.05) is 32.6 Å². The van der Waals surface area contributed by atoms with Gasteiger partial charge in [0.15, 0.2) is 0 Å². The molecule has 1 atom stereocenters. The number of carbonyl (C=O) groups is 3. The first kappa shape index (κ1) is 20.5. The number of hydrogen-bond acceptors (Lipinski definition) is 4. The molecule has 0 bridgehead atoms. The average molecular weight is 394 g/mol. The highest BCUT2D eigenvalue weighted by Gasteiger charge is 2.31. The quantitative estimate of drug-likeness (QED) is 0.622. The molecule has 0 aliphatic carbocycles. The highest BCUT2D eigenvalue weighted by molar-refractivity contribution is 5.89. The Morgan fingerprint density at radius 1 is 1.07 bits per heavy atom. The molecule has 1 heterocycles. The normalized spacial score (nSPS) is 16.8. The van der Waals surface area contributed by atoms with Crippen LogP contribution in [0.25, 0.3) is 11.1 Å². The molecule has 1 saturated heterocycles. The van der Waals surface area contributed by atoms with Crippen LogP contribution in [-0.4, -0.2) is 48.3 Å². The van der Waals surface area contributed by atoms with Crippen LogP contribution in [0.15, 0.2) is 54.6 Å². The second-order valence-corrected chi connectivity index (χ2v) is 7.11. The van der Waals surface area contributed by atoms with Crippen molar-refractivity contribution < 1.29 is 14.4 Å². The Bertz CT molecular complexity index is 852. The van der Waals surface area contributed by atoms with Crippen LogP contribution in [0.4, 0.5) is 0 Å². The van der Waals surface area contributed by atoms with Crippen molar-refractivity contribution in [3.8, 4) is 11.1 Å². The molecule has 152 valence electrons. The number of rotatable bonds is 8. The molecule has 0 saturated carbocycles. The van der Waals surface area contributed by atoms with Crippen LogP contribution in [-0.2, 0) is 20.9 Å². The van der Waals surface area contributed by atoms with Crippen LogP contribution >= 0.6 is 0 Å². The van der Waals surface area contributed by atoms with Gasteiger partial charge in [-0.25, -0.2) is 0 Å². The van der Waals surface area contributed by atoms with Crippen molar-refractivity contribution in [1.29, 1.82) is 0 Å². The van der Waals surface area contributed by atoms with E-state index in [1.807, 2.05) is 23.1 Å². The predicted molar refractivity (Wildman–Crippen MR) is 111 cm³/mol. The Morgan fingerprint density at radius 3 is 2.45 bits per heavy atom. The molecule has 1 fully saturated rings. The number of nitrogens with one attached hydrogen (secondary N) is 2. The maximum Gasteiger partial charge on any atom is 0.237 e. The van der Waals surface area contributed by atoms with Gasteiger partial charge in [-0.15, -0.1) is 0 Å². The highest BCUT2D eigenvalue weighted by Crippen LogP contribution is 2.21. The van der Waals surface area contributed by atoms with Gasteiger partial charge in [0.25, 0.3) is 0 Å². The van der Waals surface area contributed by atoms with Gasteiger partial charge in [0.2, 0.25) is 17.7 Å². The second-order valence-electron chi connectivity index (χ2n) is 7.11. The number of primary amides is 1. The first-order valence-corrected chi connectivity index (χ1v) is 9.74. The highest BCUT2D eigenvalue weighted by atomic mass is 16.2. The number of nitrogens with zero attached hydrogens (tertiary/aromatic N) is 1. The summed E-state index contributed by atoms with van der Waals surface area (Å²) in [5, 5.41) is 5.47. The van der Waals surface area contributed by atoms with E-state index in [9.17, 15) is 14.4 Å². The van der Waals surface area contributed by atoms with Gasteiger partial charge in [0.1, 0.15) is 0 Å². The minimum absolute atomic E-state index is 0.0483. The summed E-state index contributed by atoms with van der Waals surface area (Å²) in [7, 11) is 0. The third kappa shape index (κ3) is 5.89. The largest absolute Gasteiger partial charge is 0.370 e. The Morgan fingerprint density at radius 2 is 1.76 bits per heavy atom. The molecule has 29 heavy (non-hydrogen) atoms. The zero-order chi connectivity index (χ0) is 20.6. The molecule has 0 aromatic heterocycles. The molecular formula is C22H26N4O3. The molecule has 0 spiro atoms. The topological polar surface area (TPSA) is 105 Å². The lowest BCUT2D eigenvalue weighted by Crippen LogP contribution is -2.56. The van der Waals surface area contributed by atoms with Crippen molar-refractivity contribution in [3.05, 3.63) is 60.2 Å². The van der Waals surface area contributed by atoms with Crippen LogP contribution in [0.5, 0.6) is 0 Å². The molecule has 7 nitrogen and oxygen atoms in total. The Kier molecular flexibility index (Phi) is 6.97. The van der Waals surface area contributed by atoms with E-state index in [-0.39, 0.29) is 31.2 Å². The minimum atomic E-state index is -0.536. The van der Waals surface area contributed by atoms with E-state index < -0.39 is 11.9 Å². The van der Waals surface area contributed by atoms with E-state index in [4.69, 9.17) is 5.73 Å². The summed E-state index contributed by atoms with van der Waals surface area (Å²) in [6.07, 6.45) is 0.132. The monoisotopic (exact) mass is 394 g/mol. The molecule has 1 aliphatic heterocycles. The number of amides is 3. The van der Waals surface area contributed by atoms with Gasteiger partial charge in [-0.3, -0.25) is 19.3 Å². The maximum absolute atomic E-state index is 12.3. The van der Waals surface area contributed by atoms with Gasteiger partial charge in [-0.2, -0.15) is 0 Å². The first-order valence-electron chi connectivity index (χ1n) is 9.74. The van der Waals surface area contributed by atoms with Crippen molar-refractivity contribution in [2.75, 3.05) is 19.6 Å². The van der Waals surface area contributed by atoms with Crippen LogP contribution in [0.2, 0.25) is 0 Å². The molecular weight excluding hydrogens is 368 g/mol. The van der Waals surface area contributed by atoms with Crippen LogP contribution in [0.3, 0.4) is 0 Å². The fraction of sp³-hybridized carbons (Fsp3) is 0.318. The van der Waals surface area contributed by atoms with Crippen molar-refractivity contribution in [2.45, 2.75) is 25.4 Å². The third-order valence-electron chi connectivity index (χ3n) is 4.96. The predicted octanol–water partition coefficient (Wildman–Crippen LogP) is 1.04. The van der Waals surface area contributed by atoms with E-state index in [1.165, 1.54) is 0 Å². The summed E-state index contributed by atoms with van der Waals surface area (Å²) in [6, 6.07) is 17.9. The summed E-state index contributed by atoms with van der Waals surface area (Å²) in [5.74, 6) is -0.888. The van der Waals surface area contributed by atoms with E-state index >= 15 is 0 Å². The summed E-state index contributed by atoms with van der Waals surface area (Å²) in [6.45, 7) is 2.00. The number of piperazine rings is 1. The Balaban J connectivity index is 1.62. The zero-order valence-electron chi connectivity index (χ0n) is 16.3. The number of benzene rings is 2. The molecule has 4 N–H and O–H groups in total. The maximum atomic E-state index is 12.3. The minimum Gasteiger partial charge on any atom is -0.370 e. The molecule has 3 rings (SSSR count). The lowest BCUT2D eigenvalue weighted by molar-refractivity contribution is -0.134. The van der Waals surface area contributed by atoms with Crippen molar-refractivity contribution >= 4 is 17.7 Å². The van der Waals surface area contributed by atoms with Gasteiger partial charge in [-0.05, 0) is 16.7 Å². The molecule has 7 heteroatoms. The van der Waals surface area contributed by atoms with Gasteiger partial charge >= 0.3 is 0 Å².